The lowest BCUT2D eigenvalue weighted by atomic mass is 10.0. The molecule has 0 aliphatic carbocycles. The molecule has 5 nitrogen and oxygen atoms in total. The molecule has 0 aromatic heterocycles. The highest BCUT2D eigenvalue weighted by molar-refractivity contribution is 5.82. The Balaban J connectivity index is 2.40. The first-order chi connectivity index (χ1) is 7.69. The van der Waals surface area contributed by atoms with Crippen LogP contribution in [0.2, 0.25) is 0 Å². The summed E-state index contributed by atoms with van der Waals surface area (Å²) in [6.45, 7) is 3.46. The van der Waals surface area contributed by atoms with Gasteiger partial charge in [0.25, 0.3) is 0 Å². The van der Waals surface area contributed by atoms with Gasteiger partial charge in [0.15, 0.2) is 0 Å². The van der Waals surface area contributed by atoms with E-state index in [9.17, 15) is 4.79 Å². The molecule has 16 heavy (non-hydrogen) atoms. The van der Waals surface area contributed by atoms with E-state index in [2.05, 4.69) is 17.6 Å². The fraction of sp³-hybridized carbons (Fsp3) is 0.909. The smallest absolute Gasteiger partial charge is 0.237 e. The van der Waals surface area contributed by atoms with Crippen LogP contribution in [-0.2, 0) is 9.53 Å². The summed E-state index contributed by atoms with van der Waals surface area (Å²) in [5.74, 6) is 0.387. The van der Waals surface area contributed by atoms with Gasteiger partial charge in [-0.05, 0) is 25.3 Å². The number of aliphatic hydroxyl groups excluding tert-OH is 1. The van der Waals surface area contributed by atoms with Crippen molar-refractivity contribution in [2.45, 2.75) is 31.8 Å². The van der Waals surface area contributed by atoms with E-state index < -0.39 is 0 Å². The lowest BCUT2D eigenvalue weighted by molar-refractivity contribution is -0.124. The number of methoxy groups -OCH3 is 1. The summed E-state index contributed by atoms with van der Waals surface area (Å²) in [6.07, 6.45) is 1.56. The molecular weight excluding hydrogens is 208 g/mol. The first-order valence-electron chi connectivity index (χ1n) is 5.82. The fourth-order valence-corrected chi connectivity index (χ4v) is 2.03. The molecule has 1 aliphatic heterocycles. The van der Waals surface area contributed by atoms with Crippen LogP contribution in [0.1, 0.15) is 19.8 Å². The SMILES string of the molecule is COCC(CCO)NC(=O)C1NCCC1C. The fourth-order valence-electron chi connectivity index (χ4n) is 2.03. The number of amides is 1. The minimum atomic E-state index is -0.0999. The van der Waals surface area contributed by atoms with Crippen LogP contribution in [0.25, 0.3) is 0 Å². The molecule has 0 aromatic rings. The van der Waals surface area contributed by atoms with E-state index >= 15 is 0 Å². The molecule has 1 amide bonds. The number of ether oxygens (including phenoxy) is 1. The molecule has 0 radical (unpaired) electrons. The van der Waals surface area contributed by atoms with Gasteiger partial charge in [-0.1, -0.05) is 6.92 Å². The maximum absolute atomic E-state index is 11.9. The van der Waals surface area contributed by atoms with Gasteiger partial charge in [0.2, 0.25) is 5.91 Å². The molecular formula is C11H22N2O3. The maximum Gasteiger partial charge on any atom is 0.237 e. The van der Waals surface area contributed by atoms with Gasteiger partial charge in [0, 0.05) is 13.7 Å². The molecule has 1 fully saturated rings. The van der Waals surface area contributed by atoms with Gasteiger partial charge in [-0.2, -0.15) is 0 Å². The van der Waals surface area contributed by atoms with Crippen LogP contribution < -0.4 is 10.6 Å². The van der Waals surface area contributed by atoms with Gasteiger partial charge < -0.3 is 20.5 Å². The standard InChI is InChI=1S/C11H22N2O3/c1-8-3-5-12-10(8)11(15)13-9(4-6-14)7-16-2/h8-10,12,14H,3-7H2,1-2H3,(H,13,15). The van der Waals surface area contributed by atoms with E-state index in [0.29, 0.717) is 18.9 Å². The molecule has 1 heterocycles. The zero-order valence-electron chi connectivity index (χ0n) is 10.0. The average molecular weight is 230 g/mol. The first kappa shape index (κ1) is 13.4. The van der Waals surface area contributed by atoms with Crippen LogP contribution in [0.5, 0.6) is 0 Å². The van der Waals surface area contributed by atoms with Crippen molar-refractivity contribution in [2.75, 3.05) is 26.9 Å². The monoisotopic (exact) mass is 230 g/mol. The molecule has 0 aromatic carbocycles. The normalized spacial score (nSPS) is 26.7. The Morgan fingerprint density at radius 3 is 2.94 bits per heavy atom. The number of nitrogens with one attached hydrogen (secondary N) is 2. The first-order valence-corrected chi connectivity index (χ1v) is 5.82. The van der Waals surface area contributed by atoms with Crippen molar-refractivity contribution in [2.24, 2.45) is 5.92 Å². The zero-order valence-corrected chi connectivity index (χ0v) is 10.0. The second-order valence-electron chi connectivity index (χ2n) is 4.37. The van der Waals surface area contributed by atoms with Crippen LogP contribution in [0.15, 0.2) is 0 Å². The van der Waals surface area contributed by atoms with E-state index in [1.54, 1.807) is 7.11 Å². The van der Waals surface area contributed by atoms with Gasteiger partial charge >= 0.3 is 0 Å². The number of hydrogen-bond acceptors (Lipinski definition) is 4. The van der Waals surface area contributed by atoms with Crippen LogP contribution in [-0.4, -0.2) is 50.0 Å². The maximum atomic E-state index is 11.9. The summed E-state index contributed by atoms with van der Waals surface area (Å²) in [6, 6.07) is -0.199. The third kappa shape index (κ3) is 3.73. The third-order valence-electron chi connectivity index (χ3n) is 3.01. The van der Waals surface area contributed by atoms with E-state index in [-0.39, 0.29) is 24.6 Å². The Morgan fingerprint density at radius 2 is 2.44 bits per heavy atom. The van der Waals surface area contributed by atoms with Crippen LogP contribution in [0, 0.1) is 5.92 Å². The summed E-state index contributed by atoms with van der Waals surface area (Å²) in [5.41, 5.74) is 0. The molecule has 3 unspecified atom stereocenters. The summed E-state index contributed by atoms with van der Waals surface area (Å²) >= 11 is 0. The van der Waals surface area contributed by atoms with E-state index in [1.807, 2.05) is 0 Å². The van der Waals surface area contributed by atoms with E-state index in [0.717, 1.165) is 13.0 Å². The van der Waals surface area contributed by atoms with Crippen molar-refractivity contribution < 1.29 is 14.6 Å². The van der Waals surface area contributed by atoms with Gasteiger partial charge in [-0.3, -0.25) is 4.79 Å². The lowest BCUT2D eigenvalue weighted by Gasteiger charge is -2.21. The minimum Gasteiger partial charge on any atom is -0.396 e. The molecule has 0 bridgehead atoms. The highest BCUT2D eigenvalue weighted by Crippen LogP contribution is 2.14. The molecule has 3 atom stereocenters. The predicted octanol–water partition coefficient (Wildman–Crippen LogP) is -0.502. The largest absolute Gasteiger partial charge is 0.396 e. The molecule has 1 aliphatic rings. The summed E-state index contributed by atoms with van der Waals surface area (Å²) in [5, 5.41) is 15.0. The van der Waals surface area contributed by atoms with E-state index in [1.165, 1.54) is 0 Å². The van der Waals surface area contributed by atoms with Crippen molar-refractivity contribution in [1.29, 1.82) is 0 Å². The predicted molar refractivity (Wildman–Crippen MR) is 61.1 cm³/mol. The third-order valence-corrected chi connectivity index (χ3v) is 3.01. The number of carbonyl (C=O) groups is 1. The summed E-state index contributed by atoms with van der Waals surface area (Å²) in [4.78, 5) is 11.9. The van der Waals surface area contributed by atoms with Crippen LogP contribution in [0.4, 0.5) is 0 Å². The highest BCUT2D eigenvalue weighted by atomic mass is 16.5. The average Bonchev–Trinajstić information content (AvgIpc) is 2.65. The van der Waals surface area contributed by atoms with Crippen molar-refractivity contribution >= 4 is 5.91 Å². The van der Waals surface area contributed by atoms with Crippen molar-refractivity contribution in [3.05, 3.63) is 0 Å². The Labute approximate surface area is 96.6 Å². The summed E-state index contributed by atoms with van der Waals surface area (Å²) in [7, 11) is 1.59. The minimum absolute atomic E-state index is 0.0144. The Kier molecular flexibility index (Phi) is 5.73. The quantitative estimate of drug-likeness (QED) is 0.575. The highest BCUT2D eigenvalue weighted by Gasteiger charge is 2.30. The van der Waals surface area contributed by atoms with Crippen LogP contribution in [0.3, 0.4) is 0 Å². The molecule has 0 saturated carbocycles. The molecule has 94 valence electrons. The lowest BCUT2D eigenvalue weighted by Crippen LogP contribution is -2.48. The Bertz CT molecular complexity index is 217. The van der Waals surface area contributed by atoms with Gasteiger partial charge in [-0.15, -0.1) is 0 Å². The zero-order chi connectivity index (χ0) is 12.0. The van der Waals surface area contributed by atoms with Gasteiger partial charge in [-0.25, -0.2) is 0 Å². The molecule has 0 spiro atoms. The van der Waals surface area contributed by atoms with E-state index in [4.69, 9.17) is 9.84 Å². The Hall–Kier alpha value is -0.650. The Morgan fingerprint density at radius 1 is 1.69 bits per heavy atom. The molecule has 1 saturated heterocycles. The van der Waals surface area contributed by atoms with Crippen molar-refractivity contribution in [3.63, 3.8) is 0 Å². The van der Waals surface area contributed by atoms with Crippen molar-refractivity contribution in [3.8, 4) is 0 Å². The topological polar surface area (TPSA) is 70.6 Å². The number of aliphatic hydroxyl groups is 1. The second-order valence-corrected chi connectivity index (χ2v) is 4.37. The summed E-state index contributed by atoms with van der Waals surface area (Å²) < 4.78 is 5.00. The molecule has 1 rings (SSSR count). The van der Waals surface area contributed by atoms with Crippen LogP contribution >= 0.6 is 0 Å². The second kappa shape index (κ2) is 6.83. The molecule has 5 heteroatoms. The number of carbonyl (C=O) groups excluding carboxylic acids is 1. The van der Waals surface area contributed by atoms with Crippen molar-refractivity contribution in [1.82, 2.24) is 10.6 Å². The number of rotatable bonds is 6. The molecule has 3 N–H and O–H groups in total. The number of hydrogen-bond donors (Lipinski definition) is 3. The van der Waals surface area contributed by atoms with Gasteiger partial charge in [0.05, 0.1) is 18.7 Å². The van der Waals surface area contributed by atoms with Gasteiger partial charge in [0.1, 0.15) is 0 Å².